The molecule has 4 aromatic rings. The number of sulfone groups is 1. The van der Waals surface area contributed by atoms with E-state index in [1.165, 1.54) is 0 Å². The average Bonchev–Trinajstić information content (AvgIpc) is 3.52. The number of carbonyl (C=O) groups excluding carboxylic acids is 1. The maximum Gasteiger partial charge on any atom is 0.227 e. The molecule has 4 heterocycles. The SMILES string of the molecule is Cc1noc(C)c1-c1ccc2c(c1)nc([C@@H]1CCC(=O)N1c1cc(Cl)cc(Cl)c1)n2C1CCS(=O)(=O)CC1. The molecule has 1 atom stereocenters. The first kappa shape index (κ1) is 25.4. The molecule has 2 saturated heterocycles. The van der Waals surface area contributed by atoms with Crippen molar-refractivity contribution >= 4 is 55.7 Å². The summed E-state index contributed by atoms with van der Waals surface area (Å²) in [7, 11) is -3.05. The summed E-state index contributed by atoms with van der Waals surface area (Å²) in [5.74, 6) is 1.69. The summed E-state index contributed by atoms with van der Waals surface area (Å²) in [6.07, 6.45) is 1.93. The fourth-order valence-corrected chi connectivity index (χ4v) is 7.83. The summed E-state index contributed by atoms with van der Waals surface area (Å²) in [5, 5.41) is 4.98. The van der Waals surface area contributed by atoms with Gasteiger partial charge in [-0.2, -0.15) is 0 Å². The zero-order chi connectivity index (χ0) is 26.8. The van der Waals surface area contributed by atoms with Gasteiger partial charge in [0.15, 0.2) is 0 Å². The summed E-state index contributed by atoms with van der Waals surface area (Å²) in [6.45, 7) is 3.78. The number of amides is 1. The predicted molar refractivity (Wildman–Crippen MR) is 148 cm³/mol. The van der Waals surface area contributed by atoms with Crippen LogP contribution in [0.4, 0.5) is 5.69 Å². The lowest BCUT2D eigenvalue weighted by Gasteiger charge is -2.30. The van der Waals surface area contributed by atoms with E-state index in [0.29, 0.717) is 41.4 Å². The maximum atomic E-state index is 13.2. The molecule has 0 N–H and O–H groups in total. The number of nitrogens with zero attached hydrogens (tertiary/aromatic N) is 4. The molecule has 198 valence electrons. The molecule has 0 bridgehead atoms. The second-order valence-electron chi connectivity index (χ2n) is 10.1. The summed E-state index contributed by atoms with van der Waals surface area (Å²) in [6, 6.07) is 10.8. The number of imidazole rings is 1. The third kappa shape index (κ3) is 4.40. The standard InChI is InChI=1S/C27H26Cl2N4O4S/c1-15-26(16(2)37-31-15)17-3-4-23-22(11-17)30-27(33(23)20-7-9-38(35,36)10-8-20)24-5-6-25(34)32(24)21-13-18(28)12-19(29)14-21/h3-4,11-14,20,24H,5-10H2,1-2H3/t24-/m0/s1. The molecule has 0 radical (unpaired) electrons. The van der Waals surface area contributed by atoms with Gasteiger partial charge in [0.2, 0.25) is 5.91 Å². The van der Waals surface area contributed by atoms with E-state index in [9.17, 15) is 13.2 Å². The van der Waals surface area contributed by atoms with Crippen LogP contribution in [0.15, 0.2) is 40.9 Å². The van der Waals surface area contributed by atoms with Crippen LogP contribution in [0.1, 0.15) is 55.0 Å². The van der Waals surface area contributed by atoms with Gasteiger partial charge in [0, 0.05) is 33.8 Å². The third-order valence-electron chi connectivity index (χ3n) is 7.56. The summed E-state index contributed by atoms with van der Waals surface area (Å²) in [4.78, 5) is 20.0. The molecule has 0 saturated carbocycles. The highest BCUT2D eigenvalue weighted by Gasteiger charge is 2.39. The normalized spacial score (nSPS) is 20.1. The molecule has 38 heavy (non-hydrogen) atoms. The predicted octanol–water partition coefficient (Wildman–Crippen LogP) is 6.23. The number of aromatic nitrogens is 3. The van der Waals surface area contributed by atoms with Gasteiger partial charge in [0.05, 0.1) is 34.3 Å². The van der Waals surface area contributed by atoms with Crippen molar-refractivity contribution in [2.75, 3.05) is 16.4 Å². The van der Waals surface area contributed by atoms with Crippen LogP contribution in [0.5, 0.6) is 0 Å². The van der Waals surface area contributed by atoms with Gasteiger partial charge in [-0.1, -0.05) is 34.4 Å². The van der Waals surface area contributed by atoms with E-state index in [4.69, 9.17) is 32.7 Å². The zero-order valence-electron chi connectivity index (χ0n) is 20.9. The van der Waals surface area contributed by atoms with Crippen LogP contribution in [0.3, 0.4) is 0 Å². The van der Waals surface area contributed by atoms with Crippen LogP contribution in [0.25, 0.3) is 22.2 Å². The Morgan fingerprint density at radius 2 is 1.71 bits per heavy atom. The first-order chi connectivity index (χ1) is 18.1. The fraction of sp³-hybridized carbons (Fsp3) is 0.370. The third-order valence-corrected chi connectivity index (χ3v) is 9.72. The number of aryl methyl sites for hydroxylation is 2. The summed E-state index contributed by atoms with van der Waals surface area (Å²) < 4.78 is 32.0. The van der Waals surface area contributed by atoms with Crippen molar-refractivity contribution in [3.05, 3.63) is 63.7 Å². The molecular formula is C27H26Cl2N4O4S. The lowest BCUT2D eigenvalue weighted by Crippen LogP contribution is -2.31. The maximum absolute atomic E-state index is 13.2. The minimum Gasteiger partial charge on any atom is -0.361 e. The van der Waals surface area contributed by atoms with Crippen LogP contribution in [-0.2, 0) is 14.6 Å². The van der Waals surface area contributed by atoms with Crippen LogP contribution >= 0.6 is 23.2 Å². The van der Waals surface area contributed by atoms with Crippen molar-refractivity contribution in [2.24, 2.45) is 0 Å². The van der Waals surface area contributed by atoms with E-state index >= 15 is 0 Å². The number of hydrogen-bond donors (Lipinski definition) is 0. The lowest BCUT2D eigenvalue weighted by atomic mass is 10.0. The van der Waals surface area contributed by atoms with E-state index in [0.717, 1.165) is 39.4 Å². The highest BCUT2D eigenvalue weighted by molar-refractivity contribution is 7.91. The molecule has 0 spiro atoms. The van der Waals surface area contributed by atoms with Crippen molar-refractivity contribution in [3.63, 3.8) is 0 Å². The van der Waals surface area contributed by atoms with Crippen LogP contribution in [0.2, 0.25) is 10.0 Å². The van der Waals surface area contributed by atoms with E-state index in [-0.39, 0.29) is 29.5 Å². The molecule has 8 nitrogen and oxygen atoms in total. The lowest BCUT2D eigenvalue weighted by molar-refractivity contribution is -0.117. The zero-order valence-corrected chi connectivity index (χ0v) is 23.3. The van der Waals surface area contributed by atoms with Crippen molar-refractivity contribution in [3.8, 4) is 11.1 Å². The quantitative estimate of drug-likeness (QED) is 0.287. The Morgan fingerprint density at radius 1 is 1.00 bits per heavy atom. The summed E-state index contributed by atoms with van der Waals surface area (Å²) >= 11 is 12.6. The van der Waals surface area contributed by atoms with Gasteiger partial charge in [-0.15, -0.1) is 0 Å². The number of fused-ring (bicyclic) bond motifs is 1. The Balaban J connectivity index is 1.52. The fourth-order valence-electron chi connectivity index (χ4n) is 5.85. The van der Waals surface area contributed by atoms with Crippen LogP contribution in [0, 0.1) is 13.8 Å². The molecule has 2 aromatic carbocycles. The molecule has 0 aliphatic carbocycles. The molecule has 1 amide bonds. The number of anilines is 1. The van der Waals surface area contributed by atoms with Gasteiger partial charge < -0.3 is 14.0 Å². The molecule has 2 aliphatic heterocycles. The van der Waals surface area contributed by atoms with Crippen molar-refractivity contribution in [2.45, 2.75) is 51.6 Å². The van der Waals surface area contributed by atoms with E-state index < -0.39 is 9.84 Å². The first-order valence-electron chi connectivity index (χ1n) is 12.5. The number of benzene rings is 2. The topological polar surface area (TPSA) is 98.3 Å². The second-order valence-corrected chi connectivity index (χ2v) is 13.2. The number of rotatable bonds is 4. The van der Waals surface area contributed by atoms with Gasteiger partial charge >= 0.3 is 0 Å². The van der Waals surface area contributed by atoms with E-state index in [1.54, 1.807) is 23.1 Å². The highest BCUT2D eigenvalue weighted by Crippen LogP contribution is 2.42. The molecule has 0 unspecified atom stereocenters. The Hall–Kier alpha value is -2.88. The molecule has 2 fully saturated rings. The van der Waals surface area contributed by atoms with Crippen LogP contribution in [-0.4, -0.2) is 40.5 Å². The summed E-state index contributed by atoms with van der Waals surface area (Å²) in [5.41, 5.74) is 4.97. The highest BCUT2D eigenvalue weighted by atomic mass is 35.5. The van der Waals surface area contributed by atoms with E-state index in [2.05, 4.69) is 9.72 Å². The second kappa shape index (κ2) is 9.39. The molecule has 11 heteroatoms. The smallest absolute Gasteiger partial charge is 0.227 e. The first-order valence-corrected chi connectivity index (χ1v) is 15.1. The Labute approximate surface area is 230 Å². The van der Waals surface area contributed by atoms with Crippen molar-refractivity contribution in [1.82, 2.24) is 14.7 Å². The van der Waals surface area contributed by atoms with Gasteiger partial charge in [-0.3, -0.25) is 4.79 Å². The largest absolute Gasteiger partial charge is 0.361 e. The van der Waals surface area contributed by atoms with Gasteiger partial charge in [-0.25, -0.2) is 13.4 Å². The average molecular weight is 574 g/mol. The Morgan fingerprint density at radius 3 is 2.37 bits per heavy atom. The van der Waals surface area contributed by atoms with Crippen molar-refractivity contribution < 1.29 is 17.7 Å². The molecule has 2 aromatic heterocycles. The van der Waals surface area contributed by atoms with Crippen LogP contribution < -0.4 is 4.90 Å². The Kier molecular flexibility index (Phi) is 6.28. The number of carbonyl (C=O) groups is 1. The van der Waals surface area contributed by atoms with Crippen molar-refractivity contribution in [1.29, 1.82) is 0 Å². The van der Waals surface area contributed by atoms with Gasteiger partial charge in [0.1, 0.15) is 21.4 Å². The minimum atomic E-state index is -3.05. The van der Waals surface area contributed by atoms with E-state index in [1.807, 2.05) is 32.0 Å². The number of halogens is 2. The van der Waals surface area contributed by atoms with Gasteiger partial charge in [-0.05, 0) is 69.0 Å². The van der Waals surface area contributed by atoms with Gasteiger partial charge in [0.25, 0.3) is 0 Å². The Bertz CT molecular complexity index is 1640. The monoisotopic (exact) mass is 572 g/mol. The minimum absolute atomic E-state index is 0.0328. The molecule has 6 rings (SSSR count). The number of hydrogen-bond acceptors (Lipinski definition) is 6. The molecular weight excluding hydrogens is 547 g/mol. The molecule has 2 aliphatic rings.